The smallest absolute Gasteiger partial charge is 0.221 e. The van der Waals surface area contributed by atoms with Gasteiger partial charge in [-0.1, -0.05) is 11.6 Å². The van der Waals surface area contributed by atoms with E-state index in [4.69, 9.17) is 17.3 Å². The standard InChI is InChI=1S/C14H21ClN4O2/c15-13-8-11(18-19-13)12(20)7-9-1-3-10(4-2-9)17-14(21)5-6-16/h8-10H,1-7,16H2,(H,17,21)(H,18,19). The SMILES string of the molecule is NCCC(=O)NC1CCC(CC(=O)c2cc(Cl)[nH]n2)CC1. The monoisotopic (exact) mass is 312 g/mol. The van der Waals surface area contributed by atoms with Gasteiger partial charge in [0.25, 0.3) is 0 Å². The minimum atomic E-state index is 0.0168. The number of H-pyrrole nitrogens is 1. The molecule has 21 heavy (non-hydrogen) atoms. The number of Topliss-reactive ketones (excluding diaryl/α,β-unsaturated/α-hetero) is 1. The fourth-order valence-electron chi connectivity index (χ4n) is 2.75. The lowest BCUT2D eigenvalue weighted by atomic mass is 9.83. The molecule has 4 N–H and O–H groups in total. The van der Waals surface area contributed by atoms with E-state index < -0.39 is 0 Å². The molecule has 0 radical (unpaired) electrons. The minimum Gasteiger partial charge on any atom is -0.353 e. The number of halogens is 1. The number of nitrogens with zero attached hydrogens (tertiary/aromatic N) is 1. The number of carbonyl (C=O) groups is 2. The first-order valence-corrected chi connectivity index (χ1v) is 7.70. The van der Waals surface area contributed by atoms with Crippen molar-refractivity contribution in [1.82, 2.24) is 15.5 Å². The molecule has 1 aliphatic carbocycles. The average Bonchev–Trinajstić information content (AvgIpc) is 2.88. The third kappa shape index (κ3) is 4.82. The summed E-state index contributed by atoms with van der Waals surface area (Å²) in [5.41, 5.74) is 5.75. The van der Waals surface area contributed by atoms with Crippen molar-refractivity contribution < 1.29 is 9.59 Å². The van der Waals surface area contributed by atoms with Crippen LogP contribution >= 0.6 is 11.6 Å². The highest BCUT2D eigenvalue weighted by Crippen LogP contribution is 2.28. The number of carbonyl (C=O) groups excluding carboxylic acids is 2. The predicted molar refractivity (Wildman–Crippen MR) is 80.1 cm³/mol. The molecule has 1 saturated carbocycles. The second-order valence-electron chi connectivity index (χ2n) is 5.55. The van der Waals surface area contributed by atoms with Crippen LogP contribution in [0.25, 0.3) is 0 Å². The molecular formula is C14H21ClN4O2. The van der Waals surface area contributed by atoms with Gasteiger partial charge in [0.05, 0.1) is 0 Å². The normalized spacial score (nSPS) is 22.0. The summed E-state index contributed by atoms with van der Waals surface area (Å²) in [6.07, 6.45) is 4.57. The Bertz CT molecular complexity index is 495. The van der Waals surface area contributed by atoms with Crippen molar-refractivity contribution in [2.24, 2.45) is 11.7 Å². The third-order valence-corrected chi connectivity index (χ3v) is 4.08. The van der Waals surface area contributed by atoms with Gasteiger partial charge in [0.1, 0.15) is 10.8 Å². The number of hydrogen-bond acceptors (Lipinski definition) is 4. The number of hydrogen-bond donors (Lipinski definition) is 3. The van der Waals surface area contributed by atoms with Crippen LogP contribution in [-0.2, 0) is 4.79 Å². The van der Waals surface area contributed by atoms with Crippen LogP contribution in [-0.4, -0.2) is 34.5 Å². The lowest BCUT2D eigenvalue weighted by Crippen LogP contribution is -2.38. The van der Waals surface area contributed by atoms with Crippen molar-refractivity contribution >= 4 is 23.3 Å². The number of rotatable bonds is 6. The van der Waals surface area contributed by atoms with E-state index in [-0.39, 0.29) is 17.7 Å². The Morgan fingerprint density at radius 3 is 2.67 bits per heavy atom. The number of amides is 1. The van der Waals surface area contributed by atoms with E-state index >= 15 is 0 Å². The summed E-state index contributed by atoms with van der Waals surface area (Å²) >= 11 is 5.72. The zero-order chi connectivity index (χ0) is 15.2. The zero-order valence-electron chi connectivity index (χ0n) is 11.9. The van der Waals surface area contributed by atoms with Crippen molar-refractivity contribution in [3.8, 4) is 0 Å². The topological polar surface area (TPSA) is 101 Å². The fraction of sp³-hybridized carbons (Fsp3) is 0.643. The fourth-order valence-corrected chi connectivity index (χ4v) is 2.90. The Kier molecular flexibility index (Phi) is 5.76. The molecule has 0 bridgehead atoms. The van der Waals surface area contributed by atoms with E-state index in [1.54, 1.807) is 6.07 Å². The minimum absolute atomic E-state index is 0.0168. The average molecular weight is 313 g/mol. The Labute approximate surface area is 128 Å². The molecule has 1 aromatic rings. The van der Waals surface area contributed by atoms with Gasteiger partial charge in [0.2, 0.25) is 5.91 Å². The van der Waals surface area contributed by atoms with Crippen LogP contribution < -0.4 is 11.1 Å². The van der Waals surface area contributed by atoms with Crippen molar-refractivity contribution in [3.63, 3.8) is 0 Å². The maximum atomic E-state index is 12.0. The van der Waals surface area contributed by atoms with Gasteiger partial charge in [-0.3, -0.25) is 14.7 Å². The summed E-state index contributed by atoms with van der Waals surface area (Å²) in [6.45, 7) is 0.377. The summed E-state index contributed by atoms with van der Waals surface area (Å²) in [5.74, 6) is 0.396. The van der Waals surface area contributed by atoms with Gasteiger partial charge in [0, 0.05) is 31.5 Å². The number of nitrogens with one attached hydrogen (secondary N) is 2. The Morgan fingerprint density at radius 2 is 2.10 bits per heavy atom. The number of nitrogens with two attached hydrogens (primary N) is 1. The Morgan fingerprint density at radius 1 is 1.38 bits per heavy atom. The molecule has 1 fully saturated rings. The van der Waals surface area contributed by atoms with Crippen LogP contribution in [0.1, 0.15) is 49.0 Å². The molecule has 116 valence electrons. The van der Waals surface area contributed by atoms with Crippen LogP contribution in [0.2, 0.25) is 5.15 Å². The van der Waals surface area contributed by atoms with E-state index in [1.807, 2.05) is 0 Å². The molecule has 0 aromatic carbocycles. The summed E-state index contributed by atoms with van der Waals surface area (Å²) in [6, 6.07) is 1.78. The number of ketones is 1. The van der Waals surface area contributed by atoms with Gasteiger partial charge in [-0.25, -0.2) is 0 Å². The molecule has 0 aliphatic heterocycles. The third-order valence-electron chi connectivity index (χ3n) is 3.89. The number of aromatic amines is 1. The lowest BCUT2D eigenvalue weighted by molar-refractivity contribution is -0.121. The molecule has 1 amide bonds. The van der Waals surface area contributed by atoms with Gasteiger partial charge in [-0.05, 0) is 31.6 Å². The van der Waals surface area contributed by atoms with Crippen LogP contribution in [0.5, 0.6) is 0 Å². The molecule has 1 aromatic heterocycles. The summed E-state index contributed by atoms with van der Waals surface area (Å²) in [4.78, 5) is 23.5. The first-order valence-electron chi connectivity index (χ1n) is 7.32. The largest absolute Gasteiger partial charge is 0.353 e. The summed E-state index contributed by atoms with van der Waals surface area (Å²) < 4.78 is 0. The molecule has 0 atom stereocenters. The second-order valence-corrected chi connectivity index (χ2v) is 5.96. The highest BCUT2D eigenvalue weighted by atomic mass is 35.5. The molecule has 1 aliphatic rings. The highest BCUT2D eigenvalue weighted by molar-refractivity contribution is 6.29. The summed E-state index contributed by atoms with van der Waals surface area (Å²) in [7, 11) is 0. The van der Waals surface area contributed by atoms with E-state index in [1.165, 1.54) is 0 Å². The van der Waals surface area contributed by atoms with E-state index in [0.717, 1.165) is 25.7 Å². The van der Waals surface area contributed by atoms with Gasteiger partial charge < -0.3 is 11.1 Å². The highest BCUT2D eigenvalue weighted by Gasteiger charge is 2.25. The van der Waals surface area contributed by atoms with Crippen LogP contribution in [0.15, 0.2) is 6.07 Å². The van der Waals surface area contributed by atoms with Gasteiger partial charge >= 0.3 is 0 Å². The predicted octanol–water partition coefficient (Wildman–Crippen LogP) is 1.66. The van der Waals surface area contributed by atoms with E-state index in [9.17, 15) is 9.59 Å². The van der Waals surface area contributed by atoms with Crippen LogP contribution in [0.3, 0.4) is 0 Å². The Hall–Kier alpha value is -1.40. The van der Waals surface area contributed by atoms with Crippen molar-refractivity contribution in [3.05, 3.63) is 16.9 Å². The number of aromatic nitrogens is 2. The van der Waals surface area contributed by atoms with E-state index in [0.29, 0.717) is 36.2 Å². The second kappa shape index (κ2) is 7.56. The Balaban J connectivity index is 1.74. The van der Waals surface area contributed by atoms with Crippen molar-refractivity contribution in [2.75, 3.05) is 6.54 Å². The molecule has 1 heterocycles. The zero-order valence-corrected chi connectivity index (χ0v) is 12.7. The molecule has 6 nitrogen and oxygen atoms in total. The first kappa shape index (κ1) is 16.0. The van der Waals surface area contributed by atoms with Gasteiger partial charge in [0.15, 0.2) is 5.78 Å². The molecule has 0 saturated heterocycles. The summed E-state index contributed by atoms with van der Waals surface area (Å²) in [5, 5.41) is 9.81. The maximum absolute atomic E-state index is 12.0. The molecular weight excluding hydrogens is 292 g/mol. The van der Waals surface area contributed by atoms with Crippen LogP contribution in [0.4, 0.5) is 0 Å². The van der Waals surface area contributed by atoms with Gasteiger partial charge in [-0.15, -0.1) is 0 Å². The van der Waals surface area contributed by atoms with Crippen LogP contribution in [0, 0.1) is 5.92 Å². The van der Waals surface area contributed by atoms with Crippen molar-refractivity contribution in [2.45, 2.75) is 44.6 Å². The molecule has 7 heteroatoms. The van der Waals surface area contributed by atoms with Crippen molar-refractivity contribution in [1.29, 1.82) is 0 Å². The van der Waals surface area contributed by atoms with Gasteiger partial charge in [-0.2, -0.15) is 5.10 Å². The molecule has 0 unspecified atom stereocenters. The lowest BCUT2D eigenvalue weighted by Gasteiger charge is -2.28. The first-order chi connectivity index (χ1) is 10.1. The van der Waals surface area contributed by atoms with E-state index in [2.05, 4.69) is 15.5 Å². The molecule has 2 rings (SSSR count). The molecule has 0 spiro atoms. The quantitative estimate of drug-likeness (QED) is 0.695. The maximum Gasteiger partial charge on any atom is 0.221 e.